The molecule has 0 saturated heterocycles. The normalized spacial score (nSPS) is 9.09. The SMILES string of the molecule is C=CCCCC(=O)CCC=C. The van der Waals surface area contributed by atoms with Gasteiger partial charge in [0.15, 0.2) is 0 Å². The molecule has 0 heterocycles. The van der Waals surface area contributed by atoms with Crippen LogP contribution in [0.4, 0.5) is 0 Å². The number of allylic oxidation sites excluding steroid dienone is 2. The van der Waals surface area contributed by atoms with Crippen molar-refractivity contribution < 1.29 is 4.79 Å². The Hall–Kier alpha value is -0.850. The fourth-order valence-corrected chi connectivity index (χ4v) is 0.832. The van der Waals surface area contributed by atoms with Gasteiger partial charge >= 0.3 is 0 Å². The van der Waals surface area contributed by atoms with E-state index in [1.165, 1.54) is 0 Å². The Bertz CT molecular complexity index is 136. The van der Waals surface area contributed by atoms with E-state index in [0.29, 0.717) is 18.6 Å². The zero-order valence-corrected chi connectivity index (χ0v) is 7.01. The third kappa shape index (κ3) is 7.04. The van der Waals surface area contributed by atoms with Gasteiger partial charge in [-0.2, -0.15) is 0 Å². The number of carbonyl (C=O) groups excluding carboxylic acids is 1. The first kappa shape index (κ1) is 10.2. The van der Waals surface area contributed by atoms with Gasteiger partial charge in [-0.15, -0.1) is 13.2 Å². The Morgan fingerprint density at radius 2 is 1.73 bits per heavy atom. The lowest BCUT2D eigenvalue weighted by atomic mass is 10.1. The highest BCUT2D eigenvalue weighted by Crippen LogP contribution is 2.01. The van der Waals surface area contributed by atoms with Crippen LogP contribution >= 0.6 is 0 Å². The van der Waals surface area contributed by atoms with Crippen LogP contribution in [0.1, 0.15) is 32.1 Å². The minimum atomic E-state index is 0.340. The minimum absolute atomic E-state index is 0.340. The van der Waals surface area contributed by atoms with E-state index in [1.54, 1.807) is 6.08 Å². The average molecular weight is 152 g/mol. The van der Waals surface area contributed by atoms with Gasteiger partial charge in [0.1, 0.15) is 5.78 Å². The van der Waals surface area contributed by atoms with Crippen molar-refractivity contribution in [3.63, 3.8) is 0 Å². The van der Waals surface area contributed by atoms with Crippen LogP contribution in [0.3, 0.4) is 0 Å². The van der Waals surface area contributed by atoms with Crippen LogP contribution < -0.4 is 0 Å². The number of ketones is 1. The van der Waals surface area contributed by atoms with Gasteiger partial charge in [0.25, 0.3) is 0 Å². The molecule has 62 valence electrons. The average Bonchev–Trinajstić information content (AvgIpc) is 2.01. The molecule has 11 heavy (non-hydrogen) atoms. The van der Waals surface area contributed by atoms with Crippen molar-refractivity contribution in [3.8, 4) is 0 Å². The molecule has 0 aliphatic carbocycles. The van der Waals surface area contributed by atoms with Crippen molar-refractivity contribution in [2.24, 2.45) is 0 Å². The van der Waals surface area contributed by atoms with Crippen molar-refractivity contribution in [2.45, 2.75) is 32.1 Å². The molecular formula is C10H16O. The zero-order valence-electron chi connectivity index (χ0n) is 7.01. The van der Waals surface area contributed by atoms with Crippen LogP contribution in [0, 0.1) is 0 Å². The second kappa shape index (κ2) is 7.26. The molecule has 0 radical (unpaired) electrons. The van der Waals surface area contributed by atoms with E-state index in [2.05, 4.69) is 13.2 Å². The third-order valence-corrected chi connectivity index (χ3v) is 1.49. The number of hydrogen-bond donors (Lipinski definition) is 0. The molecule has 0 spiro atoms. The summed E-state index contributed by atoms with van der Waals surface area (Å²) in [7, 11) is 0. The monoisotopic (exact) mass is 152 g/mol. The lowest BCUT2D eigenvalue weighted by Gasteiger charge is -1.95. The number of hydrogen-bond acceptors (Lipinski definition) is 1. The maximum atomic E-state index is 11.0. The molecule has 1 heteroatoms. The molecular weight excluding hydrogens is 136 g/mol. The molecule has 0 saturated carbocycles. The molecule has 0 atom stereocenters. The maximum Gasteiger partial charge on any atom is 0.133 e. The Kier molecular flexibility index (Phi) is 6.70. The topological polar surface area (TPSA) is 17.1 Å². The molecule has 1 nitrogen and oxygen atoms in total. The summed E-state index contributed by atoms with van der Waals surface area (Å²) in [5.74, 6) is 0.340. The first-order chi connectivity index (χ1) is 5.31. The summed E-state index contributed by atoms with van der Waals surface area (Å²) in [6.45, 7) is 7.15. The molecule has 0 rings (SSSR count). The molecule has 0 aromatic rings. The minimum Gasteiger partial charge on any atom is -0.300 e. The van der Waals surface area contributed by atoms with Gasteiger partial charge in [-0.1, -0.05) is 12.2 Å². The maximum absolute atomic E-state index is 11.0. The number of carbonyl (C=O) groups is 1. The lowest BCUT2D eigenvalue weighted by Crippen LogP contribution is -1.95. The summed E-state index contributed by atoms with van der Waals surface area (Å²) in [6.07, 6.45) is 7.68. The van der Waals surface area contributed by atoms with Gasteiger partial charge in [-0.05, 0) is 19.3 Å². The molecule has 0 aromatic carbocycles. The standard InChI is InChI=1S/C10H16O/c1-3-5-7-9-10(11)8-6-4-2/h3-4H,1-2,5-9H2. The highest BCUT2D eigenvalue weighted by atomic mass is 16.1. The highest BCUT2D eigenvalue weighted by molar-refractivity contribution is 5.78. The van der Waals surface area contributed by atoms with E-state index < -0.39 is 0 Å². The van der Waals surface area contributed by atoms with E-state index in [9.17, 15) is 4.79 Å². The molecule has 0 fully saturated rings. The van der Waals surface area contributed by atoms with Crippen molar-refractivity contribution in [2.75, 3.05) is 0 Å². The van der Waals surface area contributed by atoms with E-state index in [4.69, 9.17) is 0 Å². The quantitative estimate of drug-likeness (QED) is 0.405. The molecule has 0 aliphatic rings. The molecule has 0 amide bonds. The van der Waals surface area contributed by atoms with Gasteiger partial charge in [-0.25, -0.2) is 0 Å². The Morgan fingerprint density at radius 1 is 1.09 bits per heavy atom. The first-order valence-corrected chi connectivity index (χ1v) is 4.04. The van der Waals surface area contributed by atoms with Gasteiger partial charge in [-0.3, -0.25) is 4.79 Å². The number of unbranched alkanes of at least 4 members (excludes halogenated alkanes) is 1. The van der Waals surface area contributed by atoms with E-state index >= 15 is 0 Å². The Morgan fingerprint density at radius 3 is 2.27 bits per heavy atom. The van der Waals surface area contributed by atoms with E-state index in [1.807, 2.05) is 6.08 Å². The summed E-state index contributed by atoms with van der Waals surface area (Å²) in [5.41, 5.74) is 0. The van der Waals surface area contributed by atoms with Crippen LogP contribution in [-0.4, -0.2) is 5.78 Å². The van der Waals surface area contributed by atoms with Crippen molar-refractivity contribution in [1.82, 2.24) is 0 Å². The molecule has 0 aromatic heterocycles. The van der Waals surface area contributed by atoms with E-state index in [0.717, 1.165) is 19.3 Å². The second-order valence-electron chi connectivity index (χ2n) is 2.55. The Labute approximate surface area is 68.8 Å². The highest BCUT2D eigenvalue weighted by Gasteiger charge is 1.97. The van der Waals surface area contributed by atoms with E-state index in [-0.39, 0.29) is 0 Å². The number of rotatable bonds is 7. The summed E-state index contributed by atoms with van der Waals surface area (Å²) < 4.78 is 0. The molecule has 0 N–H and O–H groups in total. The first-order valence-electron chi connectivity index (χ1n) is 4.04. The van der Waals surface area contributed by atoms with Crippen molar-refractivity contribution in [3.05, 3.63) is 25.3 Å². The van der Waals surface area contributed by atoms with Crippen LogP contribution in [0.2, 0.25) is 0 Å². The van der Waals surface area contributed by atoms with Gasteiger partial charge in [0, 0.05) is 12.8 Å². The second-order valence-corrected chi connectivity index (χ2v) is 2.55. The summed E-state index contributed by atoms with van der Waals surface area (Å²) in [4.78, 5) is 11.0. The van der Waals surface area contributed by atoms with Crippen molar-refractivity contribution >= 4 is 5.78 Å². The molecule has 0 unspecified atom stereocenters. The van der Waals surface area contributed by atoms with Crippen LogP contribution in [0.5, 0.6) is 0 Å². The fraction of sp³-hybridized carbons (Fsp3) is 0.500. The predicted molar refractivity (Wildman–Crippen MR) is 48.5 cm³/mol. The third-order valence-electron chi connectivity index (χ3n) is 1.49. The predicted octanol–water partition coefficient (Wildman–Crippen LogP) is 2.88. The Balaban J connectivity index is 3.21. The molecule has 0 bridgehead atoms. The van der Waals surface area contributed by atoms with Crippen LogP contribution in [0.15, 0.2) is 25.3 Å². The summed E-state index contributed by atoms with van der Waals surface area (Å²) >= 11 is 0. The lowest BCUT2D eigenvalue weighted by molar-refractivity contribution is -0.119. The van der Waals surface area contributed by atoms with Crippen LogP contribution in [0.25, 0.3) is 0 Å². The van der Waals surface area contributed by atoms with Crippen molar-refractivity contribution in [1.29, 1.82) is 0 Å². The van der Waals surface area contributed by atoms with Crippen LogP contribution in [-0.2, 0) is 4.79 Å². The smallest absolute Gasteiger partial charge is 0.133 e. The molecule has 0 aliphatic heterocycles. The zero-order chi connectivity index (χ0) is 8.53. The number of Topliss-reactive ketones (excluding diaryl/α,β-unsaturated/α-hetero) is 1. The summed E-state index contributed by atoms with van der Waals surface area (Å²) in [6, 6.07) is 0. The fourth-order valence-electron chi connectivity index (χ4n) is 0.832. The van der Waals surface area contributed by atoms with Gasteiger partial charge in [0.2, 0.25) is 0 Å². The van der Waals surface area contributed by atoms with Gasteiger partial charge < -0.3 is 0 Å². The summed E-state index contributed by atoms with van der Waals surface area (Å²) in [5, 5.41) is 0. The van der Waals surface area contributed by atoms with Gasteiger partial charge in [0.05, 0.1) is 0 Å². The largest absolute Gasteiger partial charge is 0.300 e.